The molecule has 0 aromatic rings. The zero-order valence-electron chi connectivity index (χ0n) is 6.49. The monoisotopic (exact) mass is 166 g/mol. The Morgan fingerprint density at radius 2 is 1.27 bits per heavy atom. The Labute approximate surface area is 64.9 Å². The van der Waals surface area contributed by atoms with Gasteiger partial charge in [-0.1, -0.05) is 6.92 Å². The van der Waals surface area contributed by atoms with E-state index in [1.165, 1.54) is 0 Å². The van der Waals surface area contributed by atoms with E-state index in [1.54, 1.807) is 0 Å². The summed E-state index contributed by atoms with van der Waals surface area (Å²) in [6.45, 7) is 1.35. The van der Waals surface area contributed by atoms with E-state index in [4.69, 9.17) is 25.2 Å². The predicted molar refractivity (Wildman–Crippen MR) is 40.7 cm³/mol. The van der Waals surface area contributed by atoms with Crippen LogP contribution in [0.4, 0.5) is 0 Å². The largest absolute Gasteiger partial charge is 0.396 e. The van der Waals surface area contributed by atoms with Crippen LogP contribution in [0.3, 0.4) is 0 Å². The number of aliphatic hydroxyl groups is 3. The van der Waals surface area contributed by atoms with Gasteiger partial charge in [-0.25, -0.2) is 0 Å². The van der Waals surface area contributed by atoms with Gasteiger partial charge in [-0.3, -0.25) is 0 Å². The molecule has 0 aliphatic heterocycles. The first-order valence-electron chi connectivity index (χ1n) is 3.24. The van der Waals surface area contributed by atoms with Gasteiger partial charge >= 0.3 is 0 Å². The summed E-state index contributed by atoms with van der Waals surface area (Å²) in [5, 5.41) is 26.0. The fraction of sp³-hybridized carbons (Fsp3) is 1.00. The summed E-state index contributed by atoms with van der Waals surface area (Å²) in [5.41, 5.74) is -0.667. The van der Waals surface area contributed by atoms with Crippen molar-refractivity contribution in [2.24, 2.45) is 5.41 Å². The van der Waals surface area contributed by atoms with E-state index in [-0.39, 0.29) is 19.8 Å². The smallest absolute Gasteiger partial charge is 0.0531 e. The van der Waals surface area contributed by atoms with Gasteiger partial charge in [-0.2, -0.15) is 0 Å². The minimum absolute atomic E-state index is 0.156. The van der Waals surface area contributed by atoms with E-state index in [9.17, 15) is 0 Å². The molecule has 0 aromatic carbocycles. The molecule has 0 fully saturated rings. The molecule has 0 spiro atoms. The second-order valence-electron chi connectivity index (χ2n) is 2.33. The first-order valence-corrected chi connectivity index (χ1v) is 3.24. The van der Waals surface area contributed by atoms with Gasteiger partial charge in [0.15, 0.2) is 0 Å². The molecule has 0 radical (unpaired) electrons. The second kappa shape index (κ2) is 7.59. The third-order valence-corrected chi connectivity index (χ3v) is 1.76. The maximum atomic E-state index is 8.66. The van der Waals surface area contributed by atoms with Gasteiger partial charge < -0.3 is 15.3 Å². The van der Waals surface area contributed by atoms with Crippen molar-refractivity contribution in [3.8, 4) is 0 Å². The van der Waals surface area contributed by atoms with Crippen LogP contribution in [0.2, 0.25) is 0 Å². The van der Waals surface area contributed by atoms with E-state index in [0.29, 0.717) is 6.42 Å². The average Bonchev–Trinajstić information content (AvgIpc) is 2.13. The van der Waals surface area contributed by atoms with Crippen molar-refractivity contribution >= 4 is 0 Å². The standard InChI is InChI=1S/C6H14O3.O2/c1-2-6(3-7,4-8)5-9;1-2/h7-9H,2-5H2,1H3;. The molecule has 0 amide bonds. The van der Waals surface area contributed by atoms with E-state index < -0.39 is 5.41 Å². The molecule has 0 rings (SSSR count). The normalized spacial score (nSPS) is 10.2. The molecular formula is C6H14O5. The van der Waals surface area contributed by atoms with Crippen LogP contribution in [-0.4, -0.2) is 35.1 Å². The lowest BCUT2D eigenvalue weighted by atomic mass is 9.88. The van der Waals surface area contributed by atoms with Crippen LogP contribution in [0, 0.1) is 15.3 Å². The molecule has 68 valence electrons. The highest BCUT2D eigenvalue weighted by atomic mass is 16.7. The predicted octanol–water partition coefficient (Wildman–Crippen LogP) is -0.573. The molecule has 0 unspecified atom stereocenters. The highest BCUT2D eigenvalue weighted by Crippen LogP contribution is 2.18. The van der Waals surface area contributed by atoms with Crippen LogP contribution in [0.5, 0.6) is 0 Å². The lowest BCUT2D eigenvalue weighted by molar-refractivity contribution is 0.00304. The lowest BCUT2D eigenvalue weighted by Crippen LogP contribution is -2.32. The Bertz CT molecular complexity index is 63.5. The maximum absolute atomic E-state index is 8.66. The second-order valence-corrected chi connectivity index (χ2v) is 2.33. The Morgan fingerprint density at radius 1 is 1.00 bits per heavy atom. The number of hydrogen-bond acceptors (Lipinski definition) is 5. The molecule has 0 saturated heterocycles. The van der Waals surface area contributed by atoms with Crippen LogP contribution < -0.4 is 0 Å². The molecule has 0 saturated carbocycles. The van der Waals surface area contributed by atoms with Crippen molar-refractivity contribution in [1.29, 1.82) is 0 Å². The molecule has 5 heteroatoms. The van der Waals surface area contributed by atoms with Crippen molar-refractivity contribution in [2.45, 2.75) is 13.3 Å². The zero-order chi connectivity index (χ0) is 9.33. The Morgan fingerprint density at radius 3 is 1.27 bits per heavy atom. The molecule has 0 heterocycles. The Hall–Kier alpha value is -0.520. The Balaban J connectivity index is 0. The van der Waals surface area contributed by atoms with E-state index in [2.05, 4.69) is 0 Å². The van der Waals surface area contributed by atoms with E-state index >= 15 is 0 Å². The molecular weight excluding hydrogens is 152 g/mol. The SMILES string of the molecule is CCC(CO)(CO)CO.O=O. The Kier molecular flexibility index (Phi) is 9.03. The summed E-state index contributed by atoms with van der Waals surface area (Å²) >= 11 is 0. The number of hydrogen-bond donors (Lipinski definition) is 3. The fourth-order valence-electron chi connectivity index (χ4n) is 0.485. The van der Waals surface area contributed by atoms with Crippen molar-refractivity contribution < 1.29 is 15.3 Å². The fourth-order valence-corrected chi connectivity index (χ4v) is 0.485. The van der Waals surface area contributed by atoms with Crippen LogP contribution in [0.25, 0.3) is 0 Å². The molecule has 5 nitrogen and oxygen atoms in total. The van der Waals surface area contributed by atoms with Gasteiger partial charge in [-0.15, -0.1) is 0 Å². The first-order chi connectivity index (χ1) is 5.24. The number of aliphatic hydroxyl groups excluding tert-OH is 3. The summed E-state index contributed by atoms with van der Waals surface area (Å²) in [4.78, 5) is 14.0. The molecule has 11 heavy (non-hydrogen) atoms. The molecule has 0 atom stereocenters. The van der Waals surface area contributed by atoms with Crippen LogP contribution in [0.1, 0.15) is 13.3 Å². The van der Waals surface area contributed by atoms with Crippen LogP contribution in [0.15, 0.2) is 0 Å². The quantitative estimate of drug-likeness (QED) is 0.519. The summed E-state index contributed by atoms with van der Waals surface area (Å²) in [7, 11) is 0. The van der Waals surface area contributed by atoms with E-state index in [1.807, 2.05) is 6.92 Å². The number of rotatable bonds is 4. The van der Waals surface area contributed by atoms with Gasteiger partial charge in [0.2, 0.25) is 0 Å². The summed E-state index contributed by atoms with van der Waals surface area (Å²) < 4.78 is 0. The van der Waals surface area contributed by atoms with Gasteiger partial charge in [-0.05, 0) is 6.42 Å². The minimum atomic E-state index is -0.667. The van der Waals surface area contributed by atoms with Crippen molar-refractivity contribution in [3.63, 3.8) is 0 Å². The molecule has 0 aliphatic carbocycles. The molecule has 0 aromatic heterocycles. The highest BCUT2D eigenvalue weighted by Gasteiger charge is 2.24. The van der Waals surface area contributed by atoms with Crippen LogP contribution in [-0.2, 0) is 0 Å². The van der Waals surface area contributed by atoms with Gasteiger partial charge in [0, 0.05) is 15.3 Å². The van der Waals surface area contributed by atoms with Crippen molar-refractivity contribution in [3.05, 3.63) is 9.93 Å². The molecule has 0 aliphatic rings. The topological polar surface area (TPSA) is 94.8 Å². The van der Waals surface area contributed by atoms with Gasteiger partial charge in [0.1, 0.15) is 0 Å². The minimum Gasteiger partial charge on any atom is -0.396 e. The molecule has 3 N–H and O–H groups in total. The average molecular weight is 166 g/mol. The maximum Gasteiger partial charge on any atom is 0.0531 e. The third-order valence-electron chi connectivity index (χ3n) is 1.76. The summed E-state index contributed by atoms with van der Waals surface area (Å²) in [5.74, 6) is 0. The zero-order valence-corrected chi connectivity index (χ0v) is 6.49. The van der Waals surface area contributed by atoms with Crippen molar-refractivity contribution in [1.82, 2.24) is 0 Å². The molecule has 0 bridgehead atoms. The van der Waals surface area contributed by atoms with E-state index in [0.717, 1.165) is 0 Å². The highest BCUT2D eigenvalue weighted by molar-refractivity contribution is 4.74. The summed E-state index contributed by atoms with van der Waals surface area (Å²) in [6.07, 6.45) is 0.594. The first kappa shape index (κ1) is 13.1. The van der Waals surface area contributed by atoms with Crippen molar-refractivity contribution in [2.75, 3.05) is 19.8 Å². The summed E-state index contributed by atoms with van der Waals surface area (Å²) in [6, 6.07) is 0. The third kappa shape index (κ3) is 4.02. The van der Waals surface area contributed by atoms with Crippen LogP contribution >= 0.6 is 0 Å². The lowest BCUT2D eigenvalue weighted by Gasteiger charge is -2.24. The van der Waals surface area contributed by atoms with Gasteiger partial charge in [0.05, 0.1) is 19.8 Å². The van der Waals surface area contributed by atoms with Gasteiger partial charge in [0.25, 0.3) is 0 Å².